The molecular weight excluding hydrogens is 279 g/mol. The van der Waals surface area contributed by atoms with Crippen LogP contribution in [0.2, 0.25) is 0 Å². The molecule has 4 heteroatoms. The summed E-state index contributed by atoms with van der Waals surface area (Å²) in [6.45, 7) is 9.72. The van der Waals surface area contributed by atoms with Gasteiger partial charge >= 0.3 is 0 Å². The molecule has 0 unspecified atom stereocenters. The van der Waals surface area contributed by atoms with Gasteiger partial charge in [0.05, 0.1) is 0 Å². The number of nitrogens with zero attached hydrogens (tertiary/aromatic N) is 2. The molecule has 122 valence electrons. The summed E-state index contributed by atoms with van der Waals surface area (Å²) in [5.74, 6) is -0.130. The second-order valence-electron chi connectivity index (χ2n) is 6.82. The van der Waals surface area contributed by atoms with Gasteiger partial charge in [0.15, 0.2) is 0 Å². The smallest absolute Gasteiger partial charge is 0.123 e. The summed E-state index contributed by atoms with van der Waals surface area (Å²) in [4.78, 5) is 5.15. The highest BCUT2D eigenvalue weighted by atomic mass is 19.1. The first-order valence-electron chi connectivity index (χ1n) is 8.45. The molecule has 1 aromatic rings. The molecule has 22 heavy (non-hydrogen) atoms. The van der Waals surface area contributed by atoms with E-state index in [2.05, 4.69) is 16.7 Å². The fraction of sp³-hybridized carbons (Fsp3) is 0.667. The van der Waals surface area contributed by atoms with Gasteiger partial charge in [-0.25, -0.2) is 4.39 Å². The lowest BCUT2D eigenvalue weighted by molar-refractivity contribution is -0.0375. The lowest BCUT2D eigenvalue weighted by Crippen LogP contribution is -2.57. The quantitative estimate of drug-likeness (QED) is 0.850. The van der Waals surface area contributed by atoms with E-state index in [0.717, 1.165) is 70.8 Å². The van der Waals surface area contributed by atoms with Gasteiger partial charge < -0.3 is 9.64 Å². The van der Waals surface area contributed by atoms with Gasteiger partial charge in [-0.05, 0) is 43.9 Å². The van der Waals surface area contributed by atoms with Crippen molar-refractivity contribution in [2.24, 2.45) is 0 Å². The van der Waals surface area contributed by atoms with Crippen LogP contribution < -0.4 is 0 Å². The van der Waals surface area contributed by atoms with Crippen LogP contribution in [0.25, 0.3) is 0 Å². The topological polar surface area (TPSA) is 15.7 Å². The Bertz CT molecular complexity index is 480. The van der Waals surface area contributed by atoms with Crippen molar-refractivity contribution in [2.45, 2.75) is 31.7 Å². The summed E-state index contributed by atoms with van der Waals surface area (Å²) >= 11 is 0. The molecule has 3 rings (SSSR count). The standard InChI is InChI=1S/C18H27FN2O/c1-18(6-13-22-14-7-18)21-11-9-20(10-12-21)8-5-16-3-2-4-17(19)15-16/h2-4,15H,5-14H2,1H3. The summed E-state index contributed by atoms with van der Waals surface area (Å²) < 4.78 is 18.7. The summed E-state index contributed by atoms with van der Waals surface area (Å²) in [7, 11) is 0. The number of ether oxygens (including phenoxy) is 1. The second-order valence-corrected chi connectivity index (χ2v) is 6.82. The molecule has 0 aromatic heterocycles. The molecule has 0 aliphatic carbocycles. The minimum atomic E-state index is -0.130. The van der Waals surface area contributed by atoms with E-state index in [-0.39, 0.29) is 5.82 Å². The van der Waals surface area contributed by atoms with Crippen molar-refractivity contribution in [2.75, 3.05) is 45.9 Å². The fourth-order valence-corrected chi connectivity index (χ4v) is 3.62. The van der Waals surface area contributed by atoms with Gasteiger partial charge in [0.25, 0.3) is 0 Å². The molecular formula is C18H27FN2O. The van der Waals surface area contributed by atoms with Crippen molar-refractivity contribution < 1.29 is 9.13 Å². The highest BCUT2D eigenvalue weighted by Gasteiger charge is 2.35. The first kappa shape index (κ1) is 15.9. The number of halogens is 1. The van der Waals surface area contributed by atoms with Crippen molar-refractivity contribution in [3.63, 3.8) is 0 Å². The van der Waals surface area contributed by atoms with Crippen molar-refractivity contribution >= 4 is 0 Å². The van der Waals surface area contributed by atoms with E-state index in [0.29, 0.717) is 5.54 Å². The Morgan fingerprint density at radius 3 is 2.55 bits per heavy atom. The van der Waals surface area contributed by atoms with E-state index in [1.165, 1.54) is 6.07 Å². The van der Waals surface area contributed by atoms with Crippen LogP contribution in [0.4, 0.5) is 4.39 Å². The molecule has 2 heterocycles. The Morgan fingerprint density at radius 1 is 1.14 bits per heavy atom. The van der Waals surface area contributed by atoms with Crippen molar-refractivity contribution in [3.05, 3.63) is 35.6 Å². The predicted octanol–water partition coefficient (Wildman–Crippen LogP) is 2.55. The minimum absolute atomic E-state index is 0.130. The van der Waals surface area contributed by atoms with Gasteiger partial charge in [-0.15, -0.1) is 0 Å². The van der Waals surface area contributed by atoms with Crippen LogP contribution in [0.3, 0.4) is 0 Å². The average Bonchev–Trinajstić information content (AvgIpc) is 2.54. The molecule has 2 aliphatic rings. The number of hydrogen-bond acceptors (Lipinski definition) is 3. The van der Waals surface area contributed by atoms with Crippen LogP contribution in [0.1, 0.15) is 25.3 Å². The van der Waals surface area contributed by atoms with Gasteiger partial charge in [-0.2, -0.15) is 0 Å². The highest BCUT2D eigenvalue weighted by molar-refractivity contribution is 5.16. The molecule has 0 atom stereocenters. The lowest BCUT2D eigenvalue weighted by atomic mass is 9.89. The van der Waals surface area contributed by atoms with Crippen LogP contribution in [-0.4, -0.2) is 61.3 Å². The Labute approximate surface area is 133 Å². The fourth-order valence-electron chi connectivity index (χ4n) is 3.62. The molecule has 3 nitrogen and oxygen atoms in total. The zero-order chi connectivity index (χ0) is 15.4. The van der Waals surface area contributed by atoms with E-state index < -0.39 is 0 Å². The van der Waals surface area contributed by atoms with E-state index in [1.54, 1.807) is 12.1 Å². The number of rotatable bonds is 4. The minimum Gasteiger partial charge on any atom is -0.381 e. The third-order valence-corrected chi connectivity index (χ3v) is 5.31. The van der Waals surface area contributed by atoms with Gasteiger partial charge in [0, 0.05) is 51.5 Å². The first-order chi connectivity index (χ1) is 10.7. The van der Waals surface area contributed by atoms with E-state index in [9.17, 15) is 4.39 Å². The first-order valence-corrected chi connectivity index (χ1v) is 8.45. The Kier molecular flexibility index (Phi) is 5.11. The van der Waals surface area contributed by atoms with E-state index >= 15 is 0 Å². The molecule has 0 spiro atoms. The molecule has 2 saturated heterocycles. The summed E-state index contributed by atoms with van der Waals surface area (Å²) in [5, 5.41) is 0. The largest absolute Gasteiger partial charge is 0.381 e. The maximum atomic E-state index is 13.2. The van der Waals surface area contributed by atoms with Crippen LogP contribution in [0.15, 0.2) is 24.3 Å². The van der Waals surface area contributed by atoms with Crippen molar-refractivity contribution in [1.82, 2.24) is 9.80 Å². The zero-order valence-corrected chi connectivity index (χ0v) is 13.6. The van der Waals surface area contributed by atoms with Crippen molar-refractivity contribution in [1.29, 1.82) is 0 Å². The van der Waals surface area contributed by atoms with Crippen molar-refractivity contribution in [3.8, 4) is 0 Å². The third-order valence-electron chi connectivity index (χ3n) is 5.31. The van der Waals surface area contributed by atoms with Crippen LogP contribution in [0.5, 0.6) is 0 Å². The Hall–Kier alpha value is -0.970. The summed E-state index contributed by atoms with van der Waals surface area (Å²) in [5.41, 5.74) is 1.42. The Morgan fingerprint density at radius 2 is 1.86 bits per heavy atom. The number of hydrogen-bond donors (Lipinski definition) is 0. The average molecular weight is 306 g/mol. The summed E-state index contributed by atoms with van der Waals surface area (Å²) in [6, 6.07) is 6.98. The molecule has 0 radical (unpaired) electrons. The Balaban J connectivity index is 1.45. The lowest BCUT2D eigenvalue weighted by Gasteiger charge is -2.47. The third kappa shape index (κ3) is 3.86. The van der Waals surface area contributed by atoms with Gasteiger partial charge in [-0.1, -0.05) is 12.1 Å². The summed E-state index contributed by atoms with van der Waals surface area (Å²) in [6.07, 6.45) is 3.23. The maximum absolute atomic E-state index is 13.2. The SMILES string of the molecule is CC1(N2CCN(CCc3cccc(F)c3)CC2)CCOCC1. The molecule has 0 amide bonds. The molecule has 2 fully saturated rings. The number of benzene rings is 1. The maximum Gasteiger partial charge on any atom is 0.123 e. The molecule has 0 saturated carbocycles. The molecule has 0 N–H and O–H groups in total. The number of piperazine rings is 1. The van der Waals surface area contributed by atoms with Gasteiger partial charge in [-0.3, -0.25) is 4.90 Å². The monoisotopic (exact) mass is 306 g/mol. The molecule has 1 aromatic carbocycles. The van der Waals surface area contributed by atoms with Crippen LogP contribution >= 0.6 is 0 Å². The highest BCUT2D eigenvalue weighted by Crippen LogP contribution is 2.28. The van der Waals surface area contributed by atoms with Crippen LogP contribution in [-0.2, 0) is 11.2 Å². The van der Waals surface area contributed by atoms with E-state index in [4.69, 9.17) is 4.74 Å². The molecule has 2 aliphatic heterocycles. The zero-order valence-electron chi connectivity index (χ0n) is 13.6. The second kappa shape index (κ2) is 7.07. The van der Waals surface area contributed by atoms with Gasteiger partial charge in [0.2, 0.25) is 0 Å². The van der Waals surface area contributed by atoms with Crippen LogP contribution in [0, 0.1) is 5.82 Å². The normalized spacial score (nSPS) is 23.5. The molecule has 0 bridgehead atoms. The van der Waals surface area contributed by atoms with Gasteiger partial charge in [0.1, 0.15) is 5.82 Å². The van der Waals surface area contributed by atoms with E-state index in [1.807, 2.05) is 6.07 Å². The predicted molar refractivity (Wildman–Crippen MR) is 86.6 cm³/mol.